The molecule has 0 aliphatic carbocycles. The van der Waals surface area contributed by atoms with Crippen LogP contribution in [0.2, 0.25) is 5.02 Å². The average molecular weight is 321 g/mol. The number of aromatic nitrogens is 1. The molecule has 0 aliphatic heterocycles. The molecule has 2 rings (SSSR count). The number of benzene rings is 1. The van der Waals surface area contributed by atoms with Gasteiger partial charge in [0.1, 0.15) is 6.04 Å². The lowest BCUT2D eigenvalue weighted by molar-refractivity contribution is -0.139. The summed E-state index contributed by atoms with van der Waals surface area (Å²) in [5.74, 6) is -1.42. The second-order valence-electron chi connectivity index (χ2n) is 5.49. The Morgan fingerprint density at radius 2 is 2.05 bits per heavy atom. The lowest BCUT2D eigenvalue weighted by Gasteiger charge is -2.17. The van der Waals surface area contributed by atoms with Crippen LogP contribution in [0, 0.1) is 5.92 Å². The monoisotopic (exact) mass is 320 g/mol. The lowest BCUT2D eigenvalue weighted by Crippen LogP contribution is -2.41. The highest BCUT2D eigenvalue weighted by molar-refractivity contribution is 6.35. The van der Waals surface area contributed by atoms with Crippen LogP contribution in [0.15, 0.2) is 30.5 Å². The minimum Gasteiger partial charge on any atom is -0.480 e. The highest BCUT2D eigenvalue weighted by Crippen LogP contribution is 2.25. The third-order valence-electron chi connectivity index (χ3n) is 3.27. The van der Waals surface area contributed by atoms with Gasteiger partial charge in [0.05, 0.1) is 16.1 Å². The summed E-state index contributed by atoms with van der Waals surface area (Å²) in [6, 6.07) is 5.80. The van der Waals surface area contributed by atoms with E-state index in [1.165, 1.54) is 0 Å². The van der Waals surface area contributed by atoms with E-state index in [2.05, 4.69) is 10.3 Å². The lowest BCUT2D eigenvalue weighted by atomic mass is 10.0. The highest BCUT2D eigenvalue weighted by Gasteiger charge is 2.24. The molecule has 22 heavy (non-hydrogen) atoms. The van der Waals surface area contributed by atoms with E-state index in [0.717, 1.165) is 0 Å². The van der Waals surface area contributed by atoms with Crippen molar-refractivity contribution in [2.45, 2.75) is 26.3 Å². The van der Waals surface area contributed by atoms with E-state index in [-0.39, 0.29) is 16.5 Å². The summed E-state index contributed by atoms with van der Waals surface area (Å²) in [4.78, 5) is 28.0. The largest absolute Gasteiger partial charge is 0.480 e. The summed E-state index contributed by atoms with van der Waals surface area (Å²) >= 11 is 6.13. The molecular formula is C16H17ClN2O3. The smallest absolute Gasteiger partial charge is 0.326 e. The number of amides is 1. The molecule has 1 heterocycles. The fourth-order valence-electron chi connectivity index (χ4n) is 2.28. The first kappa shape index (κ1) is 16.2. The van der Waals surface area contributed by atoms with Crippen molar-refractivity contribution in [3.8, 4) is 0 Å². The Labute approximate surface area is 133 Å². The molecule has 6 heteroatoms. The van der Waals surface area contributed by atoms with Gasteiger partial charge in [-0.05, 0) is 30.5 Å². The van der Waals surface area contributed by atoms with Crippen molar-refractivity contribution < 1.29 is 14.7 Å². The van der Waals surface area contributed by atoms with Crippen LogP contribution < -0.4 is 5.32 Å². The van der Waals surface area contributed by atoms with Gasteiger partial charge in [0.25, 0.3) is 5.91 Å². The number of hydrogen-bond acceptors (Lipinski definition) is 3. The number of hydrogen-bond donors (Lipinski definition) is 2. The summed E-state index contributed by atoms with van der Waals surface area (Å²) in [6.07, 6.45) is 1.97. The van der Waals surface area contributed by atoms with Crippen LogP contribution in [0.25, 0.3) is 10.9 Å². The molecule has 0 fully saturated rings. The maximum Gasteiger partial charge on any atom is 0.326 e. The van der Waals surface area contributed by atoms with E-state index >= 15 is 0 Å². The molecule has 0 aliphatic rings. The Morgan fingerprint density at radius 1 is 1.32 bits per heavy atom. The number of carboxylic acid groups (broad SMARTS) is 1. The van der Waals surface area contributed by atoms with Gasteiger partial charge in [0, 0.05) is 11.6 Å². The van der Waals surface area contributed by atoms with Crippen molar-refractivity contribution >= 4 is 34.4 Å². The standard InChI is InChI=1S/C16H17ClN2O3/c1-9(2)8-13(16(21)22)19-15(20)14-10-4-3-7-18-12(10)6-5-11(14)17/h3-7,9,13H,8H2,1-2H3,(H,19,20)(H,21,22)/t13-/m1/s1. The van der Waals surface area contributed by atoms with E-state index < -0.39 is 17.9 Å². The number of nitrogens with one attached hydrogen (secondary N) is 1. The van der Waals surface area contributed by atoms with Gasteiger partial charge in [-0.1, -0.05) is 31.5 Å². The van der Waals surface area contributed by atoms with Crippen LogP contribution in [0.1, 0.15) is 30.6 Å². The summed E-state index contributed by atoms with van der Waals surface area (Å²) in [5.41, 5.74) is 0.884. The molecule has 1 atom stereocenters. The molecule has 5 nitrogen and oxygen atoms in total. The van der Waals surface area contributed by atoms with Gasteiger partial charge >= 0.3 is 5.97 Å². The number of pyridine rings is 1. The Morgan fingerprint density at radius 3 is 2.68 bits per heavy atom. The van der Waals surface area contributed by atoms with Crippen molar-refractivity contribution in [2.75, 3.05) is 0 Å². The van der Waals surface area contributed by atoms with Gasteiger partial charge in [-0.2, -0.15) is 0 Å². The second-order valence-corrected chi connectivity index (χ2v) is 5.89. The molecule has 0 radical (unpaired) electrons. The number of rotatable bonds is 5. The quantitative estimate of drug-likeness (QED) is 0.887. The molecule has 0 spiro atoms. The van der Waals surface area contributed by atoms with Crippen LogP contribution in [0.3, 0.4) is 0 Å². The summed E-state index contributed by atoms with van der Waals surface area (Å²) in [7, 11) is 0. The first-order chi connectivity index (χ1) is 10.4. The number of nitrogens with zero attached hydrogens (tertiary/aromatic N) is 1. The molecule has 1 aromatic carbocycles. The minimum absolute atomic E-state index is 0.144. The number of carboxylic acids is 1. The van der Waals surface area contributed by atoms with Crippen molar-refractivity contribution in [3.05, 3.63) is 41.0 Å². The van der Waals surface area contributed by atoms with Crippen molar-refractivity contribution in [2.24, 2.45) is 5.92 Å². The maximum atomic E-state index is 12.5. The minimum atomic E-state index is -1.06. The highest BCUT2D eigenvalue weighted by atomic mass is 35.5. The molecule has 0 saturated heterocycles. The number of carbonyl (C=O) groups excluding carboxylic acids is 1. The topological polar surface area (TPSA) is 79.3 Å². The van der Waals surface area contributed by atoms with E-state index in [0.29, 0.717) is 17.3 Å². The predicted molar refractivity (Wildman–Crippen MR) is 85.1 cm³/mol. The van der Waals surface area contributed by atoms with Gasteiger partial charge in [0.2, 0.25) is 0 Å². The fourth-order valence-corrected chi connectivity index (χ4v) is 2.53. The molecule has 116 valence electrons. The van der Waals surface area contributed by atoms with Crippen LogP contribution in [0.5, 0.6) is 0 Å². The maximum absolute atomic E-state index is 12.5. The average Bonchev–Trinajstić information content (AvgIpc) is 2.45. The van der Waals surface area contributed by atoms with Crippen molar-refractivity contribution in [1.82, 2.24) is 10.3 Å². The van der Waals surface area contributed by atoms with E-state index in [1.807, 2.05) is 13.8 Å². The normalized spacial score (nSPS) is 12.4. The van der Waals surface area contributed by atoms with Crippen molar-refractivity contribution in [1.29, 1.82) is 0 Å². The van der Waals surface area contributed by atoms with E-state index in [4.69, 9.17) is 11.6 Å². The first-order valence-corrected chi connectivity index (χ1v) is 7.35. The first-order valence-electron chi connectivity index (χ1n) is 6.97. The van der Waals surface area contributed by atoms with Gasteiger partial charge in [0.15, 0.2) is 0 Å². The van der Waals surface area contributed by atoms with E-state index in [9.17, 15) is 14.7 Å². The molecule has 1 aromatic heterocycles. The summed E-state index contributed by atoms with van der Waals surface area (Å²) in [6.45, 7) is 3.80. The van der Waals surface area contributed by atoms with Gasteiger partial charge in [-0.15, -0.1) is 0 Å². The second kappa shape index (κ2) is 6.75. The van der Waals surface area contributed by atoms with E-state index in [1.54, 1.807) is 30.5 Å². The molecule has 2 N–H and O–H groups in total. The Bertz CT molecular complexity index is 716. The summed E-state index contributed by atoms with van der Waals surface area (Å²) in [5, 5.41) is 12.7. The Kier molecular flexibility index (Phi) is 4.98. The van der Waals surface area contributed by atoms with Crippen LogP contribution in [-0.4, -0.2) is 28.0 Å². The van der Waals surface area contributed by atoms with Gasteiger partial charge < -0.3 is 10.4 Å². The zero-order valence-corrected chi connectivity index (χ0v) is 13.1. The molecule has 2 aromatic rings. The third-order valence-corrected chi connectivity index (χ3v) is 3.59. The van der Waals surface area contributed by atoms with Crippen molar-refractivity contribution in [3.63, 3.8) is 0 Å². The number of fused-ring (bicyclic) bond motifs is 1. The molecule has 0 saturated carbocycles. The molecule has 0 bridgehead atoms. The summed E-state index contributed by atoms with van der Waals surface area (Å²) < 4.78 is 0. The molecule has 1 amide bonds. The number of halogens is 1. The number of aliphatic carboxylic acids is 1. The number of carbonyl (C=O) groups is 2. The SMILES string of the molecule is CC(C)C[C@@H](NC(=O)c1c(Cl)ccc2ncccc12)C(=O)O. The van der Waals surface area contributed by atoms with Crippen LogP contribution in [-0.2, 0) is 4.79 Å². The molecule has 0 unspecified atom stereocenters. The Balaban J connectivity index is 2.37. The zero-order valence-electron chi connectivity index (χ0n) is 12.3. The van der Waals surface area contributed by atoms with Crippen LogP contribution in [0.4, 0.5) is 0 Å². The predicted octanol–water partition coefficient (Wildman–Crippen LogP) is 3.12. The zero-order chi connectivity index (χ0) is 16.3. The van der Waals surface area contributed by atoms with Crippen LogP contribution >= 0.6 is 11.6 Å². The van der Waals surface area contributed by atoms with Gasteiger partial charge in [-0.3, -0.25) is 9.78 Å². The molecular weight excluding hydrogens is 304 g/mol. The van der Waals surface area contributed by atoms with Gasteiger partial charge in [-0.25, -0.2) is 4.79 Å². The third kappa shape index (κ3) is 3.54. The fraction of sp³-hybridized carbons (Fsp3) is 0.312. The Hall–Kier alpha value is -2.14.